The van der Waals surface area contributed by atoms with Crippen LogP contribution in [0, 0.1) is 5.82 Å². The topological polar surface area (TPSA) is 102 Å². The highest BCUT2D eigenvalue weighted by atomic mass is 35.5. The summed E-state index contributed by atoms with van der Waals surface area (Å²) in [6.45, 7) is 0.0832. The Morgan fingerprint density at radius 1 is 0.886 bits per heavy atom. The van der Waals surface area contributed by atoms with Gasteiger partial charge in [-0.25, -0.2) is 19.2 Å². The summed E-state index contributed by atoms with van der Waals surface area (Å²) < 4.78 is 25.7. The molecular weight excluding hydrogens is 606 g/mol. The molecule has 0 fully saturated rings. The molecule has 0 saturated carbocycles. The van der Waals surface area contributed by atoms with Crippen molar-refractivity contribution in [1.82, 2.24) is 9.97 Å². The number of carbonyl (C=O) groups is 2. The Morgan fingerprint density at radius 3 is 2.34 bits per heavy atom. The number of para-hydroxylation sites is 1. The van der Waals surface area contributed by atoms with E-state index in [2.05, 4.69) is 20.6 Å². The van der Waals surface area contributed by atoms with Gasteiger partial charge >= 0.3 is 5.97 Å². The molecule has 0 bridgehead atoms. The number of benzene rings is 3. The maximum atomic E-state index is 15.6. The Balaban J connectivity index is 1.42. The molecule has 222 valence electrons. The summed E-state index contributed by atoms with van der Waals surface area (Å²) in [4.78, 5) is 32.0. The van der Waals surface area contributed by atoms with Gasteiger partial charge in [0.25, 0.3) is 0 Å². The molecule has 44 heavy (non-hydrogen) atoms. The van der Waals surface area contributed by atoms with Crippen molar-refractivity contribution in [3.8, 4) is 28.3 Å². The van der Waals surface area contributed by atoms with Gasteiger partial charge in [-0.3, -0.25) is 4.79 Å². The number of anilines is 3. The van der Waals surface area contributed by atoms with Gasteiger partial charge in [0.15, 0.2) is 17.9 Å². The van der Waals surface area contributed by atoms with Gasteiger partial charge in [-0.05, 0) is 36.4 Å². The summed E-state index contributed by atoms with van der Waals surface area (Å²) in [6, 6.07) is 22.3. The highest BCUT2D eigenvalue weighted by Crippen LogP contribution is 2.42. The lowest BCUT2D eigenvalue weighted by atomic mass is 10.00. The number of hydrogen-bond donors (Lipinski definition) is 2. The molecule has 0 saturated heterocycles. The zero-order chi connectivity index (χ0) is 31.2. The van der Waals surface area contributed by atoms with Gasteiger partial charge < -0.3 is 20.1 Å². The van der Waals surface area contributed by atoms with E-state index in [0.717, 1.165) is 0 Å². The number of pyridine rings is 2. The van der Waals surface area contributed by atoms with Crippen molar-refractivity contribution in [2.75, 3.05) is 24.9 Å². The fourth-order valence-electron chi connectivity index (χ4n) is 4.58. The number of esters is 1. The van der Waals surface area contributed by atoms with E-state index in [0.29, 0.717) is 66.8 Å². The number of rotatable bonds is 10. The predicted octanol–water partition coefficient (Wildman–Crippen LogP) is 8.22. The number of nitrogens with zero attached hydrogens (tertiary/aromatic N) is 2. The third-order valence-corrected chi connectivity index (χ3v) is 7.61. The highest BCUT2D eigenvalue weighted by Gasteiger charge is 2.18. The van der Waals surface area contributed by atoms with Crippen LogP contribution in [-0.2, 0) is 11.3 Å². The Bertz CT molecular complexity index is 1870. The third-order valence-electron chi connectivity index (χ3n) is 6.80. The van der Waals surface area contributed by atoms with E-state index in [1.54, 1.807) is 66.7 Å². The average Bonchev–Trinajstić information content (AvgIpc) is 3.05. The number of aromatic nitrogens is 2. The first kappa shape index (κ1) is 30.5. The lowest BCUT2D eigenvalue weighted by Gasteiger charge is -2.16. The van der Waals surface area contributed by atoms with Crippen molar-refractivity contribution in [3.63, 3.8) is 0 Å². The fraction of sp³-hybridized carbons (Fsp3) is 0.0909. The first-order chi connectivity index (χ1) is 21.4. The number of hydrogen-bond acceptors (Lipinski definition) is 8. The highest BCUT2D eigenvalue weighted by molar-refractivity contribution is 6.39. The summed E-state index contributed by atoms with van der Waals surface area (Å²) in [5.74, 6) is -0.938. The minimum absolute atomic E-state index is 0.0315. The Morgan fingerprint density at radius 2 is 1.59 bits per heavy atom. The fourth-order valence-corrected chi connectivity index (χ4v) is 5.18. The molecule has 0 aliphatic heterocycles. The molecule has 2 aromatic heterocycles. The van der Waals surface area contributed by atoms with Crippen molar-refractivity contribution >= 4 is 52.6 Å². The van der Waals surface area contributed by atoms with E-state index < -0.39 is 11.8 Å². The van der Waals surface area contributed by atoms with Crippen LogP contribution in [0.2, 0.25) is 10.0 Å². The number of aldehydes is 1. The van der Waals surface area contributed by atoms with E-state index in [1.165, 1.54) is 20.4 Å². The van der Waals surface area contributed by atoms with Gasteiger partial charge in [-0.15, -0.1) is 0 Å². The van der Waals surface area contributed by atoms with Crippen molar-refractivity contribution in [1.29, 1.82) is 0 Å². The van der Waals surface area contributed by atoms with Crippen molar-refractivity contribution in [3.05, 3.63) is 118 Å². The molecule has 0 spiro atoms. The Hall–Kier alpha value is -4.99. The van der Waals surface area contributed by atoms with Crippen LogP contribution in [0.1, 0.15) is 26.3 Å². The second-order valence-corrected chi connectivity index (χ2v) is 10.2. The first-order valence-corrected chi connectivity index (χ1v) is 14.0. The largest absolute Gasteiger partial charge is 0.480 e. The van der Waals surface area contributed by atoms with E-state index in [1.807, 2.05) is 12.1 Å². The zero-order valence-electron chi connectivity index (χ0n) is 23.5. The van der Waals surface area contributed by atoms with E-state index in [-0.39, 0.29) is 18.2 Å². The first-order valence-electron chi connectivity index (χ1n) is 13.3. The number of nitrogens with one attached hydrogen (secondary N) is 2. The van der Waals surface area contributed by atoms with Gasteiger partial charge in [0.2, 0.25) is 5.88 Å². The van der Waals surface area contributed by atoms with Crippen LogP contribution in [0.25, 0.3) is 22.4 Å². The maximum Gasteiger partial charge on any atom is 0.339 e. The lowest BCUT2D eigenvalue weighted by molar-refractivity contribution is 0.0601. The Kier molecular flexibility index (Phi) is 9.38. The van der Waals surface area contributed by atoms with Crippen LogP contribution in [0.3, 0.4) is 0 Å². The van der Waals surface area contributed by atoms with Crippen molar-refractivity contribution in [2.24, 2.45) is 0 Å². The molecule has 8 nitrogen and oxygen atoms in total. The quantitative estimate of drug-likeness (QED) is 0.117. The van der Waals surface area contributed by atoms with Crippen LogP contribution in [0.4, 0.5) is 21.6 Å². The summed E-state index contributed by atoms with van der Waals surface area (Å²) in [7, 11) is 2.73. The van der Waals surface area contributed by atoms with Gasteiger partial charge in [0.1, 0.15) is 0 Å². The van der Waals surface area contributed by atoms with Crippen molar-refractivity contribution < 1.29 is 23.5 Å². The van der Waals surface area contributed by atoms with Crippen LogP contribution >= 0.6 is 23.2 Å². The van der Waals surface area contributed by atoms with E-state index in [4.69, 9.17) is 32.7 Å². The molecule has 0 radical (unpaired) electrons. The number of ether oxygens (including phenoxy) is 2. The molecular formula is C33H25Cl2FN4O4. The van der Waals surface area contributed by atoms with Gasteiger partial charge in [-0.1, -0.05) is 65.7 Å². The predicted molar refractivity (Wildman–Crippen MR) is 170 cm³/mol. The molecule has 5 rings (SSSR count). The van der Waals surface area contributed by atoms with Gasteiger partial charge in [0, 0.05) is 40.7 Å². The molecule has 0 aliphatic rings. The van der Waals surface area contributed by atoms with Crippen LogP contribution in [-0.4, -0.2) is 36.4 Å². The molecule has 0 unspecified atom stereocenters. The summed E-state index contributed by atoms with van der Waals surface area (Å²) in [6.07, 6.45) is 2.14. The SMILES string of the molecule is COC(=O)c1ccccc1NCc1ccnc(Nc2cccc(-c3cccc(-c4ccc(C=O)c(OC)n4)c3Cl)c2Cl)c1F. The van der Waals surface area contributed by atoms with Crippen LogP contribution < -0.4 is 15.4 Å². The second-order valence-electron chi connectivity index (χ2n) is 9.40. The number of methoxy groups -OCH3 is 2. The molecule has 3 aromatic carbocycles. The van der Waals surface area contributed by atoms with E-state index >= 15 is 4.39 Å². The third kappa shape index (κ3) is 6.20. The Labute approximate surface area is 262 Å². The van der Waals surface area contributed by atoms with E-state index in [9.17, 15) is 9.59 Å². The monoisotopic (exact) mass is 630 g/mol. The lowest BCUT2D eigenvalue weighted by Crippen LogP contribution is -2.10. The minimum Gasteiger partial charge on any atom is -0.480 e. The molecule has 5 aromatic rings. The maximum absolute atomic E-state index is 15.6. The summed E-state index contributed by atoms with van der Waals surface area (Å²) >= 11 is 13.7. The molecule has 11 heteroatoms. The van der Waals surface area contributed by atoms with Gasteiger partial charge in [0.05, 0.1) is 46.8 Å². The number of carbonyl (C=O) groups excluding carboxylic acids is 2. The number of halogens is 3. The van der Waals surface area contributed by atoms with Crippen LogP contribution in [0.15, 0.2) is 85.1 Å². The summed E-state index contributed by atoms with van der Waals surface area (Å²) in [5.41, 5.74) is 4.22. The second kappa shape index (κ2) is 13.5. The van der Waals surface area contributed by atoms with Crippen LogP contribution in [0.5, 0.6) is 5.88 Å². The molecule has 0 atom stereocenters. The smallest absolute Gasteiger partial charge is 0.339 e. The zero-order valence-corrected chi connectivity index (χ0v) is 25.0. The molecule has 0 aliphatic carbocycles. The normalized spacial score (nSPS) is 10.7. The summed E-state index contributed by atoms with van der Waals surface area (Å²) in [5, 5.41) is 6.76. The molecule has 2 heterocycles. The van der Waals surface area contributed by atoms with Crippen molar-refractivity contribution in [2.45, 2.75) is 6.54 Å². The average molecular weight is 631 g/mol. The molecule has 2 N–H and O–H groups in total. The minimum atomic E-state index is -0.587. The molecule has 0 amide bonds. The standard InChI is InChI=1S/C33H25Cl2FN4O4/c1-43-32-20(18-41)13-14-26(40-32)23-10-5-8-21(28(23)34)22-9-6-12-27(29(22)35)39-31-30(36)19(15-16-37-31)17-38-25-11-4-3-7-24(25)33(42)44-2/h3-16,18,38H,17H2,1-2H3,(H,37,39). The van der Waals surface area contributed by atoms with Gasteiger partial charge in [-0.2, -0.15) is 0 Å².